The van der Waals surface area contributed by atoms with Gasteiger partial charge in [-0.05, 0) is 48.7 Å². The molecule has 2 aromatic rings. The molecule has 0 saturated carbocycles. The summed E-state index contributed by atoms with van der Waals surface area (Å²) < 4.78 is 61.3. The first-order valence-electron chi connectivity index (χ1n) is 10.3. The molecule has 2 amide bonds. The van der Waals surface area contributed by atoms with Gasteiger partial charge in [0.15, 0.2) is 0 Å². The van der Waals surface area contributed by atoms with E-state index in [0.717, 1.165) is 42.5 Å². The maximum Gasteiger partial charge on any atom is 0.416 e. The average Bonchev–Trinajstić information content (AvgIpc) is 3.37. The zero-order valence-electron chi connectivity index (χ0n) is 19.1. The Kier molecular flexibility index (Phi) is 12.1. The van der Waals surface area contributed by atoms with Gasteiger partial charge in [0, 0.05) is 33.7 Å². The molecule has 1 aliphatic rings. The first kappa shape index (κ1) is 30.8. The van der Waals surface area contributed by atoms with E-state index in [1.54, 1.807) is 17.0 Å². The van der Waals surface area contributed by atoms with Gasteiger partial charge >= 0.3 is 6.18 Å². The highest BCUT2D eigenvalue weighted by molar-refractivity contribution is 14.0. The van der Waals surface area contributed by atoms with Crippen molar-refractivity contribution in [1.29, 1.82) is 0 Å². The van der Waals surface area contributed by atoms with Gasteiger partial charge < -0.3 is 10.2 Å². The number of hydrogen-bond donors (Lipinski definition) is 1. The summed E-state index contributed by atoms with van der Waals surface area (Å²) in [6.45, 7) is 1.70. The molecule has 1 saturated heterocycles. The quantitative estimate of drug-likeness (QED) is 0.284. The maximum absolute atomic E-state index is 12.3. The lowest BCUT2D eigenvalue weighted by molar-refractivity contribution is -0.137. The number of halogens is 4. The van der Waals surface area contributed by atoms with Crippen LogP contribution in [0.25, 0.3) is 0 Å². The maximum atomic E-state index is 12.3. The number of nitrogens with zero attached hydrogens (tertiary/aromatic N) is 2. The summed E-state index contributed by atoms with van der Waals surface area (Å²) >= 11 is 0. The van der Waals surface area contributed by atoms with Crippen molar-refractivity contribution >= 4 is 46.3 Å². The topological polar surface area (TPSA) is 96.0 Å². The second-order valence-electron chi connectivity index (χ2n) is 7.32. The summed E-state index contributed by atoms with van der Waals surface area (Å²) in [6.07, 6.45) is -1.82. The molecular formula is C22H29F3IN3O5S. The van der Waals surface area contributed by atoms with Crippen LogP contribution in [-0.2, 0) is 32.4 Å². The Labute approximate surface area is 220 Å². The Bertz CT molecular complexity index is 1080. The zero-order chi connectivity index (χ0) is 25.4. The lowest BCUT2D eigenvalue weighted by Gasteiger charge is -2.17. The van der Waals surface area contributed by atoms with E-state index in [1.165, 1.54) is 38.4 Å². The predicted molar refractivity (Wildman–Crippen MR) is 135 cm³/mol. The van der Waals surface area contributed by atoms with Crippen LogP contribution >= 0.6 is 24.0 Å². The molecule has 2 aromatic carbocycles. The van der Waals surface area contributed by atoms with Crippen LogP contribution in [0.1, 0.15) is 35.8 Å². The average molecular weight is 631 g/mol. The molecule has 0 spiro atoms. The number of hydrogen-bond acceptors (Lipinski definition) is 5. The van der Waals surface area contributed by atoms with Gasteiger partial charge in [0.1, 0.15) is 0 Å². The molecule has 8 nitrogen and oxygen atoms in total. The van der Waals surface area contributed by atoms with Crippen molar-refractivity contribution in [1.82, 2.24) is 14.7 Å². The fourth-order valence-electron chi connectivity index (χ4n) is 3.11. The van der Waals surface area contributed by atoms with E-state index in [-0.39, 0.29) is 42.8 Å². The first-order valence-corrected chi connectivity index (χ1v) is 11.7. The number of hydroxylamine groups is 1. The second kappa shape index (κ2) is 13.8. The van der Waals surface area contributed by atoms with Crippen LogP contribution in [0, 0.1) is 0 Å². The van der Waals surface area contributed by atoms with Crippen molar-refractivity contribution < 1.29 is 37.4 Å². The van der Waals surface area contributed by atoms with Gasteiger partial charge in [-0.15, -0.1) is 24.0 Å². The molecule has 0 bridgehead atoms. The van der Waals surface area contributed by atoms with Crippen molar-refractivity contribution in [3.8, 4) is 0 Å². The molecule has 1 fully saturated rings. The van der Waals surface area contributed by atoms with Crippen LogP contribution in [0.5, 0.6) is 0 Å². The number of benzene rings is 2. The molecule has 0 unspecified atom stereocenters. The van der Waals surface area contributed by atoms with E-state index in [1.807, 2.05) is 0 Å². The molecule has 0 aromatic heterocycles. The highest BCUT2D eigenvalue weighted by Gasteiger charge is 2.29. The van der Waals surface area contributed by atoms with Crippen molar-refractivity contribution in [2.75, 3.05) is 27.2 Å². The summed E-state index contributed by atoms with van der Waals surface area (Å²) in [5.74, 6) is -0.125. The minimum absolute atomic E-state index is 0. The molecule has 35 heavy (non-hydrogen) atoms. The van der Waals surface area contributed by atoms with E-state index in [0.29, 0.717) is 17.5 Å². The Morgan fingerprint density at radius 3 is 2.29 bits per heavy atom. The van der Waals surface area contributed by atoms with Gasteiger partial charge in [-0.1, -0.05) is 22.7 Å². The second-order valence-corrected chi connectivity index (χ2v) is 9.25. The third-order valence-electron chi connectivity index (χ3n) is 5.04. The van der Waals surface area contributed by atoms with Crippen LogP contribution in [0.2, 0.25) is 0 Å². The van der Waals surface area contributed by atoms with Crippen LogP contribution < -0.4 is 5.32 Å². The van der Waals surface area contributed by atoms with Crippen LogP contribution in [0.4, 0.5) is 13.2 Å². The number of carbonyl (C=O) groups is 2. The Hall–Kier alpha value is -2.23. The number of rotatable bonds is 7. The number of nitrogens with one attached hydrogen (secondary N) is 1. The molecule has 196 valence electrons. The lowest BCUT2D eigenvalue weighted by Crippen LogP contribution is -2.29. The SMILES string of the molecule is CON(C)S(=O)(=O)c1cccc(C(=O)N2CCCC2)c1.I.O=CNCc1ccc(C(F)(F)F)cc1.[HH]. The summed E-state index contributed by atoms with van der Waals surface area (Å²) in [5.41, 5.74) is 0.329. The van der Waals surface area contributed by atoms with Gasteiger partial charge in [0.2, 0.25) is 6.41 Å². The largest absolute Gasteiger partial charge is 0.416 e. The van der Waals surface area contributed by atoms with Crippen LogP contribution in [-0.4, -0.2) is 57.4 Å². The Balaban J connectivity index is 0.000000682. The number of carbonyl (C=O) groups excluding carboxylic acids is 2. The van der Waals surface area contributed by atoms with Gasteiger partial charge in [-0.3, -0.25) is 14.4 Å². The lowest BCUT2D eigenvalue weighted by atomic mass is 10.1. The minimum Gasteiger partial charge on any atom is -0.355 e. The minimum atomic E-state index is -4.31. The van der Waals surface area contributed by atoms with E-state index < -0.39 is 21.8 Å². The summed E-state index contributed by atoms with van der Waals surface area (Å²) in [6, 6.07) is 10.7. The third kappa shape index (κ3) is 8.74. The number of likely N-dealkylation sites (tertiary alicyclic amines) is 1. The molecule has 3 rings (SSSR count). The van der Waals surface area contributed by atoms with Crippen molar-refractivity contribution in [3.05, 3.63) is 65.2 Å². The van der Waals surface area contributed by atoms with Crippen molar-refractivity contribution in [3.63, 3.8) is 0 Å². The Morgan fingerprint density at radius 2 is 1.77 bits per heavy atom. The molecule has 0 atom stereocenters. The van der Waals surface area contributed by atoms with E-state index in [2.05, 4.69) is 5.32 Å². The number of sulfonamides is 1. The summed E-state index contributed by atoms with van der Waals surface area (Å²) in [4.78, 5) is 28.7. The number of amides is 2. The van der Waals surface area contributed by atoms with Gasteiger partial charge in [0.05, 0.1) is 17.6 Å². The molecule has 13 heteroatoms. The smallest absolute Gasteiger partial charge is 0.355 e. The van der Waals surface area contributed by atoms with Gasteiger partial charge in [-0.25, -0.2) is 8.42 Å². The predicted octanol–water partition coefficient (Wildman–Crippen LogP) is 3.92. The molecule has 0 radical (unpaired) electrons. The molecule has 1 aliphatic heterocycles. The highest BCUT2D eigenvalue weighted by atomic mass is 127. The van der Waals surface area contributed by atoms with E-state index >= 15 is 0 Å². The summed E-state index contributed by atoms with van der Waals surface area (Å²) in [5, 5.41) is 2.36. The third-order valence-corrected chi connectivity index (χ3v) is 6.71. The van der Waals surface area contributed by atoms with Gasteiger partial charge in [-0.2, -0.15) is 13.2 Å². The number of alkyl halides is 3. The Morgan fingerprint density at radius 1 is 1.17 bits per heavy atom. The molecule has 1 N–H and O–H groups in total. The monoisotopic (exact) mass is 631 g/mol. The van der Waals surface area contributed by atoms with Gasteiger partial charge in [0.25, 0.3) is 15.9 Å². The van der Waals surface area contributed by atoms with Crippen molar-refractivity contribution in [2.45, 2.75) is 30.5 Å². The molecule has 1 heterocycles. The van der Waals surface area contributed by atoms with E-state index in [4.69, 9.17) is 4.84 Å². The van der Waals surface area contributed by atoms with Crippen LogP contribution in [0.15, 0.2) is 53.4 Å². The summed E-state index contributed by atoms with van der Waals surface area (Å²) in [7, 11) is -1.14. The zero-order valence-corrected chi connectivity index (χ0v) is 22.3. The molecular weight excluding hydrogens is 602 g/mol. The van der Waals surface area contributed by atoms with E-state index in [9.17, 15) is 31.2 Å². The normalized spacial score (nSPS) is 13.5. The fourth-order valence-corrected chi connectivity index (χ4v) is 4.13. The fraction of sp³-hybridized carbons (Fsp3) is 0.364. The highest BCUT2D eigenvalue weighted by Crippen LogP contribution is 2.29. The molecule has 0 aliphatic carbocycles. The standard InChI is InChI=1S/C13H18N2O4S.C9H8F3NO.HI.H2/c1-14(19-2)20(17,18)12-7-5-6-11(10-12)13(16)15-8-3-4-9-15;10-9(11,12)8-3-1-7(2-4-8)5-13-6-14;;/h5-7,10H,3-4,8-9H2,1-2H3;1-4,6H,5H2,(H,13,14);2*1H. The first-order chi connectivity index (χ1) is 16.0. The van der Waals surface area contributed by atoms with Crippen LogP contribution in [0.3, 0.4) is 0 Å². The van der Waals surface area contributed by atoms with Crippen molar-refractivity contribution in [2.24, 2.45) is 0 Å².